The molecule has 0 bridgehead atoms. The van der Waals surface area contributed by atoms with E-state index < -0.39 is 23.2 Å². The molecule has 1 aliphatic rings. The van der Waals surface area contributed by atoms with Crippen molar-refractivity contribution in [1.29, 1.82) is 0 Å². The fourth-order valence-corrected chi connectivity index (χ4v) is 3.11. The third kappa shape index (κ3) is 2.70. The molecule has 6 heteroatoms. The summed E-state index contributed by atoms with van der Waals surface area (Å²) in [6.07, 6.45) is 2.81. The molecule has 0 spiro atoms. The van der Waals surface area contributed by atoms with Crippen LogP contribution in [0, 0.1) is 5.82 Å². The van der Waals surface area contributed by atoms with Gasteiger partial charge >= 0.3 is 11.9 Å². The highest BCUT2D eigenvalue weighted by atomic mass is 79.9. The smallest absolute Gasteiger partial charge is 0.331 e. The third-order valence-corrected chi connectivity index (χ3v) is 4.49. The van der Waals surface area contributed by atoms with Crippen LogP contribution in [0.3, 0.4) is 0 Å². The molecular formula is C16H14BrFO4. The Bertz CT molecular complexity index is 708. The Morgan fingerprint density at radius 3 is 2.59 bits per heavy atom. The molecule has 0 aromatic heterocycles. The van der Waals surface area contributed by atoms with Crippen LogP contribution in [0.1, 0.15) is 24.5 Å². The number of carbonyl (C=O) groups is 2. The van der Waals surface area contributed by atoms with E-state index in [1.165, 1.54) is 30.4 Å². The third-order valence-electron chi connectivity index (χ3n) is 3.88. The number of aliphatic carboxylic acids is 2. The van der Waals surface area contributed by atoms with E-state index >= 15 is 0 Å². The van der Waals surface area contributed by atoms with E-state index in [0.29, 0.717) is 16.7 Å². The average Bonchev–Trinajstić information content (AvgIpc) is 2.47. The van der Waals surface area contributed by atoms with E-state index in [1.54, 1.807) is 6.92 Å². The first-order valence-corrected chi connectivity index (χ1v) is 7.64. The van der Waals surface area contributed by atoms with Gasteiger partial charge in [-0.3, -0.25) is 4.79 Å². The van der Waals surface area contributed by atoms with Crippen LogP contribution in [0.15, 0.2) is 41.5 Å². The van der Waals surface area contributed by atoms with Crippen molar-refractivity contribution in [3.63, 3.8) is 0 Å². The van der Waals surface area contributed by atoms with Crippen LogP contribution in [-0.2, 0) is 20.3 Å². The number of rotatable bonds is 4. The van der Waals surface area contributed by atoms with Gasteiger partial charge in [-0.15, -0.1) is 0 Å². The summed E-state index contributed by atoms with van der Waals surface area (Å²) in [7, 11) is 0. The van der Waals surface area contributed by atoms with Crippen LogP contribution in [0.25, 0.3) is 0 Å². The molecule has 1 atom stereocenters. The minimum Gasteiger partial charge on any atom is -0.480 e. The molecule has 1 aromatic carbocycles. The van der Waals surface area contributed by atoms with Gasteiger partial charge in [-0.25, -0.2) is 9.18 Å². The van der Waals surface area contributed by atoms with Gasteiger partial charge in [-0.1, -0.05) is 34.1 Å². The molecule has 2 N–H and O–H groups in total. The molecule has 0 amide bonds. The lowest BCUT2D eigenvalue weighted by Gasteiger charge is -2.32. The minimum absolute atomic E-state index is 0.0507. The zero-order valence-electron chi connectivity index (χ0n) is 11.8. The highest BCUT2D eigenvalue weighted by molar-refractivity contribution is 9.08. The largest absolute Gasteiger partial charge is 0.480 e. The second kappa shape index (κ2) is 6.04. The number of hydrogen-bond donors (Lipinski definition) is 2. The summed E-state index contributed by atoms with van der Waals surface area (Å²) < 4.78 is 13.4. The molecule has 0 saturated carbocycles. The van der Waals surface area contributed by atoms with Crippen LogP contribution in [0.2, 0.25) is 0 Å². The maximum absolute atomic E-state index is 13.4. The van der Waals surface area contributed by atoms with Crippen molar-refractivity contribution in [1.82, 2.24) is 0 Å². The Kier molecular flexibility index (Phi) is 4.51. The van der Waals surface area contributed by atoms with Gasteiger partial charge in [0.15, 0.2) is 0 Å². The van der Waals surface area contributed by atoms with Gasteiger partial charge in [0.1, 0.15) is 11.2 Å². The lowest BCUT2D eigenvalue weighted by atomic mass is 9.70. The number of carboxylic acid groups (broad SMARTS) is 2. The predicted molar refractivity (Wildman–Crippen MR) is 82.4 cm³/mol. The summed E-state index contributed by atoms with van der Waals surface area (Å²) in [6.45, 7) is 1.63. The van der Waals surface area contributed by atoms with Crippen molar-refractivity contribution in [3.8, 4) is 0 Å². The Hall–Kier alpha value is -1.95. The van der Waals surface area contributed by atoms with Gasteiger partial charge in [0.05, 0.1) is 0 Å². The van der Waals surface area contributed by atoms with Gasteiger partial charge in [0, 0.05) is 17.3 Å². The molecule has 0 heterocycles. The molecule has 1 aromatic rings. The van der Waals surface area contributed by atoms with Crippen molar-refractivity contribution in [2.24, 2.45) is 0 Å². The molecular weight excluding hydrogens is 355 g/mol. The minimum atomic E-state index is -1.51. The van der Waals surface area contributed by atoms with Crippen molar-refractivity contribution >= 4 is 27.9 Å². The SMILES string of the molecule is CC1=C(C(=O)O)CC(C(=O)O)(c2ccc(F)cc2CBr)C=C1. The number of allylic oxidation sites excluding steroid dienone is 2. The molecule has 22 heavy (non-hydrogen) atoms. The Morgan fingerprint density at radius 2 is 2.05 bits per heavy atom. The molecule has 2 rings (SSSR count). The zero-order chi connectivity index (χ0) is 16.5. The first kappa shape index (κ1) is 16.4. The van der Waals surface area contributed by atoms with Crippen LogP contribution in [0.5, 0.6) is 0 Å². The molecule has 1 aliphatic carbocycles. The molecule has 116 valence electrons. The fourth-order valence-electron chi connectivity index (χ4n) is 2.64. The maximum Gasteiger partial charge on any atom is 0.331 e. The predicted octanol–water partition coefficient (Wildman–Crippen LogP) is 3.40. The summed E-state index contributed by atoms with van der Waals surface area (Å²) in [5.41, 5.74) is -0.0666. The fraction of sp³-hybridized carbons (Fsp3) is 0.250. The number of carboxylic acids is 2. The van der Waals surface area contributed by atoms with E-state index in [4.69, 9.17) is 0 Å². The van der Waals surface area contributed by atoms with E-state index in [0.717, 1.165) is 0 Å². The van der Waals surface area contributed by atoms with E-state index in [-0.39, 0.29) is 17.3 Å². The Labute approximate surface area is 135 Å². The molecule has 4 nitrogen and oxygen atoms in total. The van der Waals surface area contributed by atoms with Crippen molar-refractivity contribution in [3.05, 3.63) is 58.4 Å². The second-order valence-electron chi connectivity index (χ2n) is 5.19. The average molecular weight is 369 g/mol. The van der Waals surface area contributed by atoms with Gasteiger partial charge < -0.3 is 10.2 Å². The summed E-state index contributed by atoms with van der Waals surface area (Å²) >= 11 is 3.23. The van der Waals surface area contributed by atoms with Crippen LogP contribution < -0.4 is 0 Å². The standard InChI is InChI=1S/C16H14BrFO4/c1-9-4-5-16(15(21)22,7-12(9)14(19)20)13-3-2-11(18)6-10(13)8-17/h2-6H,7-8H2,1H3,(H,19,20)(H,21,22). The van der Waals surface area contributed by atoms with Crippen molar-refractivity contribution in [2.75, 3.05) is 0 Å². The van der Waals surface area contributed by atoms with E-state index in [1.807, 2.05) is 0 Å². The number of alkyl halides is 1. The number of benzene rings is 1. The van der Waals surface area contributed by atoms with Crippen molar-refractivity contribution < 1.29 is 24.2 Å². The Morgan fingerprint density at radius 1 is 1.36 bits per heavy atom. The quantitative estimate of drug-likeness (QED) is 0.798. The lowest BCUT2D eigenvalue weighted by Crippen LogP contribution is -2.38. The van der Waals surface area contributed by atoms with Gasteiger partial charge in [-0.05, 0) is 35.8 Å². The first-order valence-electron chi connectivity index (χ1n) is 6.52. The summed E-state index contributed by atoms with van der Waals surface area (Å²) in [5.74, 6) is -2.78. The summed E-state index contributed by atoms with van der Waals surface area (Å²) in [5, 5.41) is 19.3. The molecule has 1 unspecified atom stereocenters. The monoisotopic (exact) mass is 368 g/mol. The topological polar surface area (TPSA) is 74.6 Å². The summed E-state index contributed by atoms with van der Waals surface area (Å²) in [4.78, 5) is 23.3. The molecule has 0 radical (unpaired) electrons. The van der Waals surface area contributed by atoms with Crippen LogP contribution in [-0.4, -0.2) is 22.2 Å². The molecule has 0 fully saturated rings. The second-order valence-corrected chi connectivity index (χ2v) is 5.75. The van der Waals surface area contributed by atoms with Gasteiger partial charge in [-0.2, -0.15) is 0 Å². The molecule has 0 aliphatic heterocycles. The van der Waals surface area contributed by atoms with E-state index in [2.05, 4.69) is 15.9 Å². The maximum atomic E-state index is 13.4. The van der Waals surface area contributed by atoms with Gasteiger partial charge in [0.25, 0.3) is 0 Å². The highest BCUT2D eigenvalue weighted by Crippen LogP contribution is 2.40. The normalized spacial score (nSPS) is 21.0. The highest BCUT2D eigenvalue weighted by Gasteiger charge is 2.43. The Balaban J connectivity index is 2.65. The van der Waals surface area contributed by atoms with Gasteiger partial charge in [0.2, 0.25) is 0 Å². The zero-order valence-corrected chi connectivity index (χ0v) is 13.4. The molecule has 0 saturated heterocycles. The number of halogens is 2. The van der Waals surface area contributed by atoms with Crippen LogP contribution in [0.4, 0.5) is 4.39 Å². The first-order chi connectivity index (χ1) is 10.3. The number of hydrogen-bond acceptors (Lipinski definition) is 2. The lowest BCUT2D eigenvalue weighted by molar-refractivity contribution is -0.142. The van der Waals surface area contributed by atoms with Crippen LogP contribution >= 0.6 is 15.9 Å². The van der Waals surface area contributed by atoms with Crippen molar-refractivity contribution in [2.45, 2.75) is 24.1 Å². The van der Waals surface area contributed by atoms with E-state index in [9.17, 15) is 24.2 Å². The summed E-state index contributed by atoms with van der Waals surface area (Å²) in [6, 6.07) is 3.85.